The van der Waals surface area contributed by atoms with Crippen LogP contribution in [0.1, 0.15) is 57.7 Å². The zero-order chi connectivity index (χ0) is 19.7. The molecule has 1 N–H and O–H groups in total. The maximum Gasteiger partial charge on any atom is 0.255 e. The minimum atomic E-state index is 0.0157. The zero-order valence-corrected chi connectivity index (χ0v) is 17.3. The summed E-state index contributed by atoms with van der Waals surface area (Å²) in [5, 5.41) is 0. The Hall–Kier alpha value is -2.20. The van der Waals surface area contributed by atoms with Gasteiger partial charge in [0.1, 0.15) is 5.82 Å². The summed E-state index contributed by atoms with van der Waals surface area (Å²) < 4.78 is 0. The molecule has 2 aliphatic rings. The second-order valence-electron chi connectivity index (χ2n) is 8.98. The summed E-state index contributed by atoms with van der Waals surface area (Å²) in [6.45, 7) is 9.79. The molecule has 1 aromatic carbocycles. The number of H-pyrrole nitrogens is 1. The largest absolute Gasteiger partial charge is 0.306 e. The van der Waals surface area contributed by atoms with Crippen molar-refractivity contribution in [3.63, 3.8) is 0 Å². The third kappa shape index (κ3) is 3.83. The summed E-state index contributed by atoms with van der Waals surface area (Å²) in [5.74, 6) is 0.683. The van der Waals surface area contributed by atoms with Crippen LogP contribution < -0.4 is 5.56 Å². The summed E-state index contributed by atoms with van der Waals surface area (Å²) in [4.78, 5) is 22.9. The average Bonchev–Trinajstić information content (AvgIpc) is 2.68. The number of aromatic nitrogens is 2. The normalized spacial score (nSPS) is 19.5. The van der Waals surface area contributed by atoms with Gasteiger partial charge in [0.25, 0.3) is 5.56 Å². The molecule has 1 aliphatic carbocycles. The van der Waals surface area contributed by atoms with Crippen LogP contribution in [0, 0.1) is 5.41 Å². The highest BCUT2D eigenvalue weighted by molar-refractivity contribution is 5.54. The van der Waals surface area contributed by atoms with Gasteiger partial charge in [-0.2, -0.15) is 0 Å². The molecule has 148 valence electrons. The van der Waals surface area contributed by atoms with E-state index in [0.717, 1.165) is 42.8 Å². The fourth-order valence-corrected chi connectivity index (χ4v) is 4.90. The molecular weight excluding hydrogens is 346 g/mol. The summed E-state index contributed by atoms with van der Waals surface area (Å²) in [6.07, 6.45) is 5.80. The number of benzene rings is 1. The summed E-state index contributed by atoms with van der Waals surface area (Å²) >= 11 is 0. The Morgan fingerprint density at radius 1 is 1.18 bits per heavy atom. The minimum Gasteiger partial charge on any atom is -0.306 e. The van der Waals surface area contributed by atoms with Gasteiger partial charge in [-0.25, -0.2) is 4.98 Å². The Balaban J connectivity index is 1.49. The average molecular weight is 378 g/mol. The van der Waals surface area contributed by atoms with E-state index >= 15 is 0 Å². The van der Waals surface area contributed by atoms with Gasteiger partial charge in [0.05, 0.1) is 11.3 Å². The molecule has 0 radical (unpaired) electrons. The molecule has 0 bridgehead atoms. The number of nitrogens with zero attached hydrogens (tertiary/aromatic N) is 2. The quantitative estimate of drug-likeness (QED) is 0.785. The van der Waals surface area contributed by atoms with Crippen molar-refractivity contribution < 1.29 is 0 Å². The van der Waals surface area contributed by atoms with Crippen LogP contribution in [0.25, 0.3) is 11.4 Å². The second-order valence-corrected chi connectivity index (χ2v) is 8.98. The third-order valence-electron chi connectivity index (χ3n) is 6.56. The van der Waals surface area contributed by atoms with Gasteiger partial charge >= 0.3 is 0 Å². The molecule has 0 unspecified atom stereocenters. The number of rotatable bonds is 4. The van der Waals surface area contributed by atoms with E-state index in [1.165, 1.54) is 19.3 Å². The van der Waals surface area contributed by atoms with Gasteiger partial charge in [0, 0.05) is 31.6 Å². The van der Waals surface area contributed by atoms with E-state index < -0.39 is 0 Å². The number of hydrogen-bond donors (Lipinski definition) is 1. The minimum absolute atomic E-state index is 0.0157. The number of aromatic amines is 1. The third-order valence-corrected chi connectivity index (χ3v) is 6.56. The number of hydrogen-bond acceptors (Lipinski definition) is 3. The highest BCUT2D eigenvalue weighted by atomic mass is 16.1. The summed E-state index contributed by atoms with van der Waals surface area (Å²) in [5.41, 5.74) is 6.33. The lowest BCUT2D eigenvalue weighted by Gasteiger charge is -2.36. The Morgan fingerprint density at radius 3 is 2.71 bits per heavy atom. The van der Waals surface area contributed by atoms with Gasteiger partial charge in [-0.15, -0.1) is 0 Å². The molecule has 0 amide bonds. The Labute approximate surface area is 167 Å². The lowest BCUT2D eigenvalue weighted by Crippen LogP contribution is -2.37. The van der Waals surface area contributed by atoms with Gasteiger partial charge in [-0.05, 0) is 38.0 Å². The first-order chi connectivity index (χ1) is 13.4. The molecule has 1 aliphatic heterocycles. The van der Waals surface area contributed by atoms with E-state index in [1.807, 2.05) is 30.3 Å². The van der Waals surface area contributed by atoms with Gasteiger partial charge < -0.3 is 4.98 Å². The highest BCUT2D eigenvalue weighted by Gasteiger charge is 2.29. The van der Waals surface area contributed by atoms with Gasteiger partial charge in [0.15, 0.2) is 0 Å². The molecule has 4 rings (SSSR count). The number of fused-ring (bicyclic) bond motifs is 1. The van der Waals surface area contributed by atoms with Crippen molar-refractivity contribution >= 4 is 0 Å². The predicted molar refractivity (Wildman–Crippen MR) is 114 cm³/mol. The first kappa shape index (κ1) is 19.1. The van der Waals surface area contributed by atoms with Crippen molar-refractivity contribution in [1.29, 1.82) is 0 Å². The smallest absolute Gasteiger partial charge is 0.255 e. The fourth-order valence-electron chi connectivity index (χ4n) is 4.90. The maximum absolute atomic E-state index is 12.7. The molecule has 0 fully saturated rings. The Bertz CT molecular complexity index is 940. The van der Waals surface area contributed by atoms with Gasteiger partial charge in [0.2, 0.25) is 0 Å². The molecule has 4 nitrogen and oxygen atoms in total. The lowest BCUT2D eigenvalue weighted by molar-refractivity contribution is 0.242. The summed E-state index contributed by atoms with van der Waals surface area (Å²) in [6, 6.07) is 9.89. The van der Waals surface area contributed by atoms with E-state index in [-0.39, 0.29) is 5.56 Å². The van der Waals surface area contributed by atoms with Crippen molar-refractivity contribution in [2.24, 2.45) is 5.41 Å². The molecule has 4 heteroatoms. The molecule has 0 spiro atoms. The summed E-state index contributed by atoms with van der Waals surface area (Å²) in [7, 11) is 0. The van der Waals surface area contributed by atoms with Crippen LogP contribution in [0.2, 0.25) is 0 Å². The van der Waals surface area contributed by atoms with E-state index in [0.29, 0.717) is 17.8 Å². The first-order valence-electron chi connectivity index (χ1n) is 10.5. The van der Waals surface area contributed by atoms with E-state index in [9.17, 15) is 4.79 Å². The van der Waals surface area contributed by atoms with E-state index in [1.54, 1.807) is 11.1 Å². The Kier molecular flexibility index (Phi) is 5.24. The SMILES string of the molecule is CC1=C(CCN2CCc3nc(-c4ccccc4)[nH]c(=O)c3C2)C(C)(C)CCC1. The van der Waals surface area contributed by atoms with E-state index in [2.05, 4.69) is 30.7 Å². The number of nitrogens with one attached hydrogen (secondary N) is 1. The van der Waals surface area contributed by atoms with Crippen LogP contribution >= 0.6 is 0 Å². The number of allylic oxidation sites excluding steroid dienone is 1. The molecule has 0 saturated heterocycles. The lowest BCUT2D eigenvalue weighted by atomic mass is 9.71. The molecule has 0 saturated carbocycles. The van der Waals surface area contributed by atoms with Crippen molar-refractivity contribution in [2.75, 3.05) is 13.1 Å². The topological polar surface area (TPSA) is 49.0 Å². The molecule has 2 heterocycles. The maximum atomic E-state index is 12.7. The van der Waals surface area contributed by atoms with Crippen molar-refractivity contribution in [2.45, 2.75) is 59.4 Å². The first-order valence-corrected chi connectivity index (χ1v) is 10.5. The molecule has 1 aromatic heterocycles. The van der Waals surface area contributed by atoms with Crippen molar-refractivity contribution in [1.82, 2.24) is 14.9 Å². The van der Waals surface area contributed by atoms with Crippen LogP contribution in [0.15, 0.2) is 46.3 Å². The van der Waals surface area contributed by atoms with Crippen LogP contribution in [0.4, 0.5) is 0 Å². The molecule has 28 heavy (non-hydrogen) atoms. The van der Waals surface area contributed by atoms with Gasteiger partial charge in [-0.1, -0.05) is 55.3 Å². The van der Waals surface area contributed by atoms with Crippen LogP contribution in [0.5, 0.6) is 0 Å². The Morgan fingerprint density at radius 2 is 1.96 bits per heavy atom. The molecular formula is C24H31N3O. The van der Waals surface area contributed by atoms with E-state index in [4.69, 9.17) is 4.98 Å². The monoisotopic (exact) mass is 377 g/mol. The zero-order valence-electron chi connectivity index (χ0n) is 17.3. The predicted octanol–water partition coefficient (Wildman–Crippen LogP) is 4.71. The van der Waals surface area contributed by atoms with Crippen molar-refractivity contribution in [3.05, 3.63) is 63.1 Å². The van der Waals surface area contributed by atoms with Crippen LogP contribution in [-0.2, 0) is 13.0 Å². The standard InChI is InChI=1S/C24H31N3O/c1-17-8-7-13-24(2,3)20(17)11-14-27-15-12-21-19(16-27)23(28)26-22(25-21)18-9-5-4-6-10-18/h4-6,9-10H,7-8,11-16H2,1-3H3,(H,25,26,28). The second kappa shape index (κ2) is 7.67. The van der Waals surface area contributed by atoms with Gasteiger partial charge in [-0.3, -0.25) is 9.69 Å². The van der Waals surface area contributed by atoms with Crippen molar-refractivity contribution in [3.8, 4) is 11.4 Å². The molecule has 2 aromatic rings. The highest BCUT2D eigenvalue weighted by Crippen LogP contribution is 2.41. The fraction of sp³-hybridized carbons (Fsp3) is 0.500. The van der Waals surface area contributed by atoms with Crippen LogP contribution in [-0.4, -0.2) is 28.0 Å². The van der Waals surface area contributed by atoms with Crippen LogP contribution in [0.3, 0.4) is 0 Å². The molecule has 0 atom stereocenters.